The average Bonchev–Trinajstić information content (AvgIpc) is 1.62. The highest BCUT2D eigenvalue weighted by atomic mass is 16.5. The van der Waals surface area contributed by atoms with Gasteiger partial charge in [-0.3, -0.25) is 14.4 Å². The van der Waals surface area contributed by atoms with E-state index < -0.39 is 11.8 Å². The number of carbonyl (C=O) groups is 3. The fourth-order valence-corrected chi connectivity index (χ4v) is 19.4. The third-order valence-electron chi connectivity index (χ3n) is 26.3. The summed E-state index contributed by atoms with van der Waals surface area (Å²) in [4.78, 5) is 84.5. The molecule has 9 aromatic carbocycles. The molecule has 2 amide bonds. The molecule has 16 bridgehead atoms. The van der Waals surface area contributed by atoms with Crippen LogP contribution >= 0.6 is 0 Å². The van der Waals surface area contributed by atoms with Gasteiger partial charge in [0.25, 0.3) is 11.8 Å². The van der Waals surface area contributed by atoms with Gasteiger partial charge in [-0.15, -0.1) is 0 Å². The number of pyridine rings is 1. The fourth-order valence-electron chi connectivity index (χ4n) is 19.4. The number of hydrogen-bond donors (Lipinski definition) is 6. The van der Waals surface area contributed by atoms with E-state index in [-0.39, 0.29) is 17.4 Å². The van der Waals surface area contributed by atoms with Crippen molar-refractivity contribution in [2.75, 3.05) is 23.8 Å². The largest absolute Gasteiger partial charge is 0.494 e. The van der Waals surface area contributed by atoms with Crippen LogP contribution in [0.5, 0.6) is 5.75 Å². The monoisotopic (exact) mass is 1840 g/mol. The lowest BCUT2D eigenvalue weighted by Gasteiger charge is -2.11. The number of aromatic nitrogens is 9. The van der Waals surface area contributed by atoms with Gasteiger partial charge in [-0.1, -0.05) is 321 Å². The molecule has 0 radical (unpaired) electrons. The number of anilines is 2. The molecule has 141 heavy (non-hydrogen) atoms. The van der Waals surface area contributed by atoms with E-state index in [1.807, 2.05) is 158 Å². The maximum Gasteiger partial charge on any atom is 0.302 e. The summed E-state index contributed by atoms with van der Waals surface area (Å²) in [5.74, 6) is 6.10. The first-order chi connectivity index (χ1) is 69.6. The molecule has 16 nitrogen and oxygen atoms in total. The lowest BCUT2D eigenvalue weighted by Crippen LogP contribution is -2.19. The summed E-state index contributed by atoms with van der Waals surface area (Å²) < 4.78 is 11.3. The Morgan fingerprint density at radius 1 is 0.248 bits per heavy atom. The average molecular weight is 1850 g/mol. The van der Waals surface area contributed by atoms with Gasteiger partial charge in [0.1, 0.15) is 17.1 Å². The van der Waals surface area contributed by atoms with Gasteiger partial charge in [0.2, 0.25) is 0 Å². The number of unbranched alkanes of at least 4 members (excludes halogenated alkanes) is 17. The molecule has 0 fully saturated rings. The summed E-state index contributed by atoms with van der Waals surface area (Å²) in [6.07, 6.45) is 39.0. The molecule has 4 aliphatic rings. The van der Waals surface area contributed by atoms with Gasteiger partial charge in [0, 0.05) is 118 Å². The number of benzene rings is 9. The van der Waals surface area contributed by atoms with Crippen LogP contribution in [0.1, 0.15) is 200 Å². The van der Waals surface area contributed by atoms with Crippen molar-refractivity contribution in [3.8, 4) is 107 Å². The van der Waals surface area contributed by atoms with Crippen LogP contribution < -0.4 is 15.4 Å². The molecule has 11 heterocycles. The number of fused-ring (bicyclic) bond motifs is 16. The van der Waals surface area contributed by atoms with E-state index >= 15 is 9.59 Å². The summed E-state index contributed by atoms with van der Waals surface area (Å²) in [7, 11) is 0. The highest BCUT2D eigenvalue weighted by molar-refractivity contribution is 6.09. The van der Waals surface area contributed by atoms with Gasteiger partial charge in [-0.25, -0.2) is 24.9 Å². The van der Waals surface area contributed by atoms with Gasteiger partial charge in [-0.05, 0) is 215 Å². The molecule has 6 N–H and O–H groups in total. The van der Waals surface area contributed by atoms with E-state index in [1.165, 1.54) is 96.8 Å². The van der Waals surface area contributed by atoms with Crippen LogP contribution in [0.3, 0.4) is 0 Å². The minimum Gasteiger partial charge on any atom is -0.494 e. The zero-order chi connectivity index (χ0) is 95.4. The predicted molar refractivity (Wildman–Crippen MR) is 579 cm³/mol. The minimum absolute atomic E-state index is 0.0385. The van der Waals surface area contributed by atoms with Crippen molar-refractivity contribution in [3.05, 3.63) is 384 Å². The van der Waals surface area contributed by atoms with Gasteiger partial charge in [-0.2, -0.15) is 0 Å². The Balaban J connectivity index is 0.613. The third kappa shape index (κ3) is 21.9. The molecule has 694 valence electrons. The van der Waals surface area contributed by atoms with E-state index in [0.717, 1.165) is 199 Å². The Morgan fingerprint density at radius 2 is 0.489 bits per heavy atom. The third-order valence-corrected chi connectivity index (χ3v) is 26.3. The van der Waals surface area contributed by atoms with Gasteiger partial charge in [0.15, 0.2) is 0 Å². The quantitative estimate of drug-likeness (QED) is 0.0127. The molecule has 0 saturated heterocycles. The molecule has 16 aromatic rings. The highest BCUT2D eigenvalue weighted by Crippen LogP contribution is 2.44. The summed E-state index contributed by atoms with van der Waals surface area (Å²) in [5, 5.41) is 6.43. The first-order valence-electron chi connectivity index (χ1n) is 49.5. The van der Waals surface area contributed by atoms with Crippen molar-refractivity contribution in [1.82, 2.24) is 44.9 Å². The number of rotatable bonds is 34. The number of hydrogen-bond acceptors (Lipinski definition) is 10. The van der Waals surface area contributed by atoms with Crippen molar-refractivity contribution in [1.29, 1.82) is 0 Å². The van der Waals surface area contributed by atoms with Crippen LogP contribution in [0.2, 0.25) is 0 Å². The van der Waals surface area contributed by atoms with Crippen LogP contribution in [0.4, 0.5) is 11.4 Å². The Labute approximate surface area is 821 Å². The number of esters is 1. The molecule has 0 atom stereocenters. The predicted octanol–water partition coefficient (Wildman–Crippen LogP) is 31.2. The van der Waals surface area contributed by atoms with E-state index in [0.29, 0.717) is 47.1 Å². The zero-order valence-corrected chi connectivity index (χ0v) is 79.1. The van der Waals surface area contributed by atoms with Crippen LogP contribution in [0.25, 0.3) is 182 Å². The number of nitrogens with one attached hydrogen (secondary N) is 6. The van der Waals surface area contributed by atoms with Crippen molar-refractivity contribution in [2.45, 2.75) is 122 Å². The van der Waals surface area contributed by atoms with Crippen LogP contribution in [0.15, 0.2) is 315 Å². The van der Waals surface area contributed by atoms with Crippen molar-refractivity contribution < 1.29 is 23.9 Å². The second-order valence-electron chi connectivity index (χ2n) is 36.2. The minimum atomic E-state index is -0.570. The van der Waals surface area contributed by atoms with E-state index in [4.69, 9.17) is 34.4 Å². The van der Waals surface area contributed by atoms with Gasteiger partial charge < -0.3 is 40.0 Å². The number of amides is 2. The second-order valence-corrected chi connectivity index (χ2v) is 36.2. The Hall–Kier alpha value is -16.9. The molecule has 0 aliphatic carbocycles. The van der Waals surface area contributed by atoms with E-state index in [2.05, 4.69) is 237 Å². The molecular formula is C125H109N11O5. The van der Waals surface area contributed by atoms with Crippen molar-refractivity contribution in [2.24, 2.45) is 0 Å². The Kier molecular flexibility index (Phi) is 28.7. The topological polar surface area (TPSA) is 221 Å². The molecule has 16 heteroatoms. The van der Waals surface area contributed by atoms with Gasteiger partial charge >= 0.3 is 5.97 Å². The fraction of sp³-hybridized carbons (Fsp3) is 0.168. The second kappa shape index (κ2) is 44.1. The van der Waals surface area contributed by atoms with Crippen molar-refractivity contribution in [3.63, 3.8) is 0 Å². The van der Waals surface area contributed by atoms with Crippen LogP contribution in [-0.4, -0.2) is 75.9 Å². The van der Waals surface area contributed by atoms with E-state index in [9.17, 15) is 4.79 Å². The standard InChI is InChI=1S/C125H109N11O5/c1-84(137)140-78-36-16-14-12-10-8-6-4-2-3-5-7-9-11-13-15-17-37-79-141-97-60-58-85(59-61-97)56-57-86-80-114(124(138)126-95-54-38-52-93(82-95)122-110-74-70-106(132-110)118(89-44-28-20-29-45-89)102-66-62-98(128-102)116(87-40-24-18-25-41-87)99-63-67-103(129-99)119(90-46-30-21-31-47-90)107-71-75-111(122)133-107)136-115(81-86)125(139)127-96-55-39-53-94(83-96)123-112-76-72-108(134-112)120(91-48-32-22-33-49-91)104-68-64-100(130-104)117(88-42-26-19-27-43-88)101-65-69-105(131-101)121(92-50-34-23-35-51-92)109-73-77-113(123)135-109/h18-35,38-55,58-77,80-83,128,130,133,135H,2-17,36-37,78-79H2,1H3,(H,126,138)(H,127,139). The number of carbonyl (C=O) groups excluding carboxylic acids is 3. The maximum absolute atomic E-state index is 15.5. The molecule has 0 spiro atoms. The normalized spacial score (nSPS) is 11.8. The molecule has 4 aliphatic heterocycles. The maximum atomic E-state index is 15.5. The molecule has 7 aromatic heterocycles. The number of aromatic amines is 4. The summed E-state index contributed by atoms with van der Waals surface area (Å²) in [6.45, 7) is 2.65. The first-order valence-corrected chi connectivity index (χ1v) is 49.5. The molecule has 20 rings (SSSR count). The van der Waals surface area contributed by atoms with E-state index in [1.54, 1.807) is 12.1 Å². The summed E-state index contributed by atoms with van der Waals surface area (Å²) in [5.41, 5.74) is 29.5. The number of nitrogens with zero attached hydrogens (tertiary/aromatic N) is 5. The lowest BCUT2D eigenvalue weighted by atomic mass is 10.0. The number of H-pyrrole nitrogens is 4. The van der Waals surface area contributed by atoms with Crippen LogP contribution in [0, 0.1) is 11.8 Å². The van der Waals surface area contributed by atoms with Crippen LogP contribution in [-0.2, 0) is 9.53 Å². The lowest BCUT2D eigenvalue weighted by molar-refractivity contribution is -0.141. The smallest absolute Gasteiger partial charge is 0.302 e. The SMILES string of the molecule is CC(=O)OCCCCCCCCCCCCCCCCCCCCOc1ccc(C#Cc2cc(C(=O)Nc3cccc(-c4c5nc(c(-c6ccccc6)c6ccc([nH]6)c(-c6ccccc6)c6nc(c(-c7ccccc7)c7ccc4[nH]7)C=C6)C=C5)c3)nc(C(=O)Nc3cccc(-c4c5nc(c(-c6ccccc6)c6ccc([nH]6)c(-c6ccccc6)c6nc(c(-c7ccccc7)c7ccc4[nH]7)C=C6)C=C5)c3)c2)cc1. The molecule has 0 saturated carbocycles. The Bertz CT molecular complexity index is 7380. The first kappa shape index (κ1) is 91.8. The highest BCUT2D eigenvalue weighted by Gasteiger charge is 2.25. The number of ether oxygens (including phenoxy) is 2. The molecule has 0 unspecified atom stereocenters. The van der Waals surface area contributed by atoms with Gasteiger partial charge in [0.05, 0.1) is 58.8 Å². The molecular weight excluding hydrogens is 1740 g/mol. The zero-order valence-electron chi connectivity index (χ0n) is 79.1. The summed E-state index contributed by atoms with van der Waals surface area (Å²) in [6, 6.07) is 105. The van der Waals surface area contributed by atoms with Crippen molar-refractivity contribution >= 4 is 122 Å². The Morgan fingerprint density at radius 3 is 0.759 bits per heavy atom. The summed E-state index contributed by atoms with van der Waals surface area (Å²) >= 11 is 0.